The van der Waals surface area contributed by atoms with Gasteiger partial charge in [0.2, 0.25) is 0 Å². The molecule has 1 aromatic carbocycles. The number of carboxylic acid groups (broad SMARTS) is 1. The predicted molar refractivity (Wildman–Crippen MR) is 83.9 cm³/mol. The topological polar surface area (TPSA) is 66.8 Å². The van der Waals surface area contributed by atoms with Crippen LogP contribution >= 0.6 is 23.2 Å². The third-order valence-corrected chi connectivity index (χ3v) is 4.69. The third kappa shape index (κ3) is 3.15. The van der Waals surface area contributed by atoms with E-state index in [2.05, 4.69) is 0 Å². The zero-order valence-corrected chi connectivity index (χ0v) is 13.9. The number of benzene rings is 1. The molecule has 1 fully saturated rings. The standard InChI is InChI=1S/C15H17Cl2NO4/c1-15(14(20)21)4-3-5-18(8-15)13(19)9-6-10(16)11(17)7-12(9)22-2/h6-7H,3-5,8H2,1-2H3,(H,20,21). The number of halogens is 2. The normalized spacial score (nSPS) is 21.5. The van der Waals surface area contributed by atoms with Gasteiger partial charge in [0.1, 0.15) is 5.75 Å². The summed E-state index contributed by atoms with van der Waals surface area (Å²) in [4.78, 5) is 25.6. The smallest absolute Gasteiger partial charge is 0.311 e. The highest BCUT2D eigenvalue weighted by Gasteiger charge is 2.40. The lowest BCUT2D eigenvalue weighted by atomic mass is 9.82. The van der Waals surface area contributed by atoms with Crippen molar-refractivity contribution < 1.29 is 19.4 Å². The van der Waals surface area contributed by atoms with Crippen LogP contribution in [0.2, 0.25) is 10.0 Å². The molecule has 1 unspecified atom stereocenters. The predicted octanol–water partition coefficient (Wildman–Crippen LogP) is 3.33. The Kier molecular flexibility index (Phi) is 4.87. The second-order valence-corrected chi connectivity index (χ2v) is 6.48. The summed E-state index contributed by atoms with van der Waals surface area (Å²) in [5.74, 6) is -0.879. The average Bonchev–Trinajstić information content (AvgIpc) is 2.48. The van der Waals surface area contributed by atoms with Crippen LogP contribution in [-0.2, 0) is 4.79 Å². The number of carbonyl (C=O) groups is 2. The number of likely N-dealkylation sites (tertiary alicyclic amines) is 1. The van der Waals surface area contributed by atoms with E-state index in [0.717, 1.165) is 0 Å². The van der Waals surface area contributed by atoms with Crippen LogP contribution < -0.4 is 4.74 Å². The Balaban J connectivity index is 2.32. The molecule has 7 heteroatoms. The van der Waals surface area contributed by atoms with Gasteiger partial charge in [0, 0.05) is 19.2 Å². The van der Waals surface area contributed by atoms with Crippen LogP contribution in [0.5, 0.6) is 5.75 Å². The minimum Gasteiger partial charge on any atom is -0.496 e. The Hall–Kier alpha value is -1.46. The van der Waals surface area contributed by atoms with Gasteiger partial charge in [-0.25, -0.2) is 0 Å². The highest BCUT2D eigenvalue weighted by atomic mass is 35.5. The summed E-state index contributed by atoms with van der Waals surface area (Å²) in [6, 6.07) is 2.94. The number of amides is 1. The molecule has 22 heavy (non-hydrogen) atoms. The third-order valence-electron chi connectivity index (χ3n) is 3.97. The maximum Gasteiger partial charge on any atom is 0.311 e. The Labute approximate surface area is 138 Å². The van der Waals surface area contributed by atoms with Gasteiger partial charge < -0.3 is 14.7 Å². The molecule has 1 atom stereocenters. The van der Waals surface area contributed by atoms with Crippen molar-refractivity contribution in [3.8, 4) is 5.75 Å². The summed E-state index contributed by atoms with van der Waals surface area (Å²) in [6.07, 6.45) is 1.18. The minimum absolute atomic E-state index is 0.157. The summed E-state index contributed by atoms with van der Waals surface area (Å²) in [5, 5.41) is 9.90. The van der Waals surface area contributed by atoms with Crippen LogP contribution in [0, 0.1) is 5.41 Å². The maximum absolute atomic E-state index is 12.7. The van der Waals surface area contributed by atoms with E-state index in [9.17, 15) is 14.7 Å². The lowest BCUT2D eigenvalue weighted by molar-refractivity contribution is -0.150. The number of piperidine rings is 1. The molecule has 1 heterocycles. The van der Waals surface area contributed by atoms with Gasteiger partial charge in [0.05, 0.1) is 28.1 Å². The van der Waals surface area contributed by atoms with Crippen molar-refractivity contribution in [2.75, 3.05) is 20.2 Å². The molecule has 1 aliphatic heterocycles. The van der Waals surface area contributed by atoms with Crippen LogP contribution in [0.1, 0.15) is 30.1 Å². The molecule has 1 N–H and O–H groups in total. The van der Waals surface area contributed by atoms with Gasteiger partial charge in [-0.15, -0.1) is 0 Å². The number of carbonyl (C=O) groups excluding carboxylic acids is 1. The first-order valence-electron chi connectivity index (χ1n) is 6.84. The van der Waals surface area contributed by atoms with E-state index in [1.165, 1.54) is 24.1 Å². The molecule has 1 aromatic rings. The van der Waals surface area contributed by atoms with Crippen LogP contribution in [0.15, 0.2) is 12.1 Å². The number of ether oxygens (including phenoxy) is 1. The van der Waals surface area contributed by atoms with Gasteiger partial charge >= 0.3 is 5.97 Å². The SMILES string of the molecule is COc1cc(Cl)c(Cl)cc1C(=O)N1CCCC(C)(C(=O)O)C1. The van der Waals surface area contributed by atoms with Crippen molar-refractivity contribution in [2.24, 2.45) is 5.41 Å². The number of methoxy groups -OCH3 is 1. The Bertz CT molecular complexity index is 620. The fourth-order valence-corrected chi connectivity index (χ4v) is 2.94. The zero-order chi connectivity index (χ0) is 16.5. The molecule has 0 aliphatic carbocycles. The van der Waals surface area contributed by atoms with Gasteiger partial charge in [-0.1, -0.05) is 23.2 Å². The molecule has 5 nitrogen and oxygen atoms in total. The fourth-order valence-electron chi connectivity index (χ4n) is 2.62. The van der Waals surface area contributed by atoms with Gasteiger partial charge in [-0.3, -0.25) is 9.59 Å². The van der Waals surface area contributed by atoms with Crippen LogP contribution in [0.25, 0.3) is 0 Å². The van der Waals surface area contributed by atoms with E-state index in [0.29, 0.717) is 30.2 Å². The first-order chi connectivity index (χ1) is 10.3. The van der Waals surface area contributed by atoms with Crippen LogP contribution in [0.3, 0.4) is 0 Å². The van der Waals surface area contributed by atoms with Crippen LogP contribution in [-0.4, -0.2) is 42.1 Å². The highest BCUT2D eigenvalue weighted by Crippen LogP contribution is 2.34. The molecule has 120 valence electrons. The Morgan fingerprint density at radius 3 is 2.55 bits per heavy atom. The second-order valence-electron chi connectivity index (χ2n) is 5.66. The second kappa shape index (κ2) is 6.34. The van der Waals surface area contributed by atoms with Crippen molar-refractivity contribution in [1.82, 2.24) is 4.90 Å². The number of aliphatic carboxylic acids is 1. The molecular formula is C15H17Cl2NO4. The number of carboxylic acids is 1. The number of nitrogens with zero attached hydrogens (tertiary/aromatic N) is 1. The minimum atomic E-state index is -0.933. The molecule has 0 radical (unpaired) electrons. The maximum atomic E-state index is 12.7. The molecule has 2 rings (SSSR count). The van der Waals surface area contributed by atoms with Gasteiger partial charge in [0.15, 0.2) is 0 Å². The largest absolute Gasteiger partial charge is 0.496 e. The Morgan fingerprint density at radius 1 is 1.32 bits per heavy atom. The lowest BCUT2D eigenvalue weighted by Crippen LogP contribution is -2.48. The average molecular weight is 346 g/mol. The quantitative estimate of drug-likeness (QED) is 0.912. The monoisotopic (exact) mass is 345 g/mol. The van der Waals surface area contributed by atoms with Crippen molar-refractivity contribution in [3.63, 3.8) is 0 Å². The Morgan fingerprint density at radius 2 is 1.95 bits per heavy atom. The van der Waals surface area contributed by atoms with E-state index in [1.54, 1.807) is 6.92 Å². The van der Waals surface area contributed by atoms with E-state index < -0.39 is 11.4 Å². The zero-order valence-electron chi connectivity index (χ0n) is 12.4. The van der Waals surface area contributed by atoms with Gasteiger partial charge in [0.25, 0.3) is 5.91 Å². The van der Waals surface area contributed by atoms with Gasteiger partial charge in [-0.2, -0.15) is 0 Å². The highest BCUT2D eigenvalue weighted by molar-refractivity contribution is 6.42. The first-order valence-corrected chi connectivity index (χ1v) is 7.60. The summed E-state index contributed by atoms with van der Waals surface area (Å²) >= 11 is 11.9. The van der Waals surface area contributed by atoms with E-state index in [4.69, 9.17) is 27.9 Å². The van der Waals surface area contributed by atoms with Crippen molar-refractivity contribution in [2.45, 2.75) is 19.8 Å². The van der Waals surface area contributed by atoms with Crippen LogP contribution in [0.4, 0.5) is 0 Å². The van der Waals surface area contributed by atoms with Crippen molar-refractivity contribution >= 4 is 35.1 Å². The molecule has 0 saturated carbocycles. The molecule has 1 aliphatic rings. The molecule has 0 spiro atoms. The molecule has 0 bridgehead atoms. The number of rotatable bonds is 3. The summed E-state index contributed by atoms with van der Waals surface area (Å²) in [6.45, 7) is 2.32. The number of hydrogen-bond donors (Lipinski definition) is 1. The van der Waals surface area contributed by atoms with E-state index >= 15 is 0 Å². The molecule has 1 saturated heterocycles. The summed E-state index contributed by atoms with van der Waals surface area (Å²) < 4.78 is 5.19. The van der Waals surface area contributed by atoms with E-state index in [-0.39, 0.29) is 23.0 Å². The summed E-state index contributed by atoms with van der Waals surface area (Å²) in [7, 11) is 1.44. The van der Waals surface area contributed by atoms with Crippen molar-refractivity contribution in [3.05, 3.63) is 27.7 Å². The molecule has 0 aromatic heterocycles. The first kappa shape index (κ1) is 16.9. The van der Waals surface area contributed by atoms with Gasteiger partial charge in [-0.05, 0) is 25.8 Å². The summed E-state index contributed by atoms with van der Waals surface area (Å²) in [5.41, 5.74) is -0.649. The van der Waals surface area contributed by atoms with E-state index in [1.807, 2.05) is 0 Å². The molecular weight excluding hydrogens is 329 g/mol. The lowest BCUT2D eigenvalue weighted by Gasteiger charge is -2.37. The molecule has 1 amide bonds. The number of hydrogen-bond acceptors (Lipinski definition) is 3. The fraction of sp³-hybridized carbons (Fsp3) is 0.467. The van der Waals surface area contributed by atoms with Crippen molar-refractivity contribution in [1.29, 1.82) is 0 Å².